The van der Waals surface area contributed by atoms with E-state index in [1.807, 2.05) is 11.8 Å². The van der Waals surface area contributed by atoms with E-state index in [-0.39, 0.29) is 6.71 Å². The van der Waals surface area contributed by atoms with E-state index < -0.39 is 0 Å². The Labute approximate surface area is 662 Å². The van der Waals surface area contributed by atoms with Gasteiger partial charge in [0.25, 0.3) is 0 Å². The molecule has 0 aliphatic carbocycles. The van der Waals surface area contributed by atoms with Crippen LogP contribution in [0.25, 0.3) is 166 Å². The second kappa shape index (κ2) is 27.4. The van der Waals surface area contributed by atoms with Crippen LogP contribution in [-0.4, -0.2) is 15.8 Å². The van der Waals surface area contributed by atoms with Crippen molar-refractivity contribution < 1.29 is 0 Å². The predicted octanol–water partition coefficient (Wildman–Crippen LogP) is 27.3. The molecule has 526 valence electrons. The first-order chi connectivity index (χ1) is 56.0. The molecule has 2 aliphatic heterocycles. The number of fused-ring (bicyclic) bond motifs is 10. The normalized spacial score (nSPS) is 12.2. The minimum Gasteiger partial charge on any atom is -0.310 e. The Bertz CT molecular complexity index is 6920. The van der Waals surface area contributed by atoms with Crippen LogP contribution in [0.4, 0.5) is 17.1 Å². The molecule has 0 spiro atoms. The van der Waals surface area contributed by atoms with Crippen LogP contribution in [-0.2, 0) is 0 Å². The zero-order valence-electron chi connectivity index (χ0n) is 61.7. The van der Waals surface area contributed by atoms with Crippen LogP contribution in [0.5, 0.6) is 0 Å². The van der Waals surface area contributed by atoms with Gasteiger partial charge in [0, 0.05) is 59.5 Å². The Hall–Kier alpha value is -14.2. The summed E-state index contributed by atoms with van der Waals surface area (Å²) in [5.74, 6) is 0. The highest BCUT2D eigenvalue weighted by Crippen LogP contribution is 2.53. The van der Waals surface area contributed by atoms with Gasteiger partial charge in [0.05, 0.1) is 33.4 Å². The number of aromatic nitrogens is 2. The third-order valence-corrected chi connectivity index (χ3v) is 24.6. The minimum absolute atomic E-state index is 0.292. The predicted molar refractivity (Wildman–Crippen MR) is 479 cm³/mol. The average molecular weight is 1450 g/mol. The molecule has 0 saturated carbocycles. The number of rotatable bonds is 13. The van der Waals surface area contributed by atoms with Gasteiger partial charge in [-0.2, -0.15) is 0 Å². The van der Waals surface area contributed by atoms with Crippen LogP contribution in [0.1, 0.15) is 0 Å². The lowest BCUT2D eigenvalue weighted by molar-refractivity contribution is 1.13. The van der Waals surface area contributed by atoms with Crippen molar-refractivity contribution in [2.45, 2.75) is 9.79 Å². The second-order valence-corrected chi connectivity index (χ2v) is 30.9. The van der Waals surface area contributed by atoms with Crippen LogP contribution in [0.2, 0.25) is 0 Å². The number of para-hydroxylation sites is 3. The zero-order valence-corrected chi connectivity index (χ0v) is 62.6. The van der Waals surface area contributed by atoms with E-state index in [9.17, 15) is 0 Å². The maximum atomic E-state index is 2.69. The van der Waals surface area contributed by atoms with Gasteiger partial charge in [-0.1, -0.05) is 363 Å². The van der Waals surface area contributed by atoms with Crippen molar-refractivity contribution in [3.63, 3.8) is 0 Å². The summed E-state index contributed by atoms with van der Waals surface area (Å²) in [6.07, 6.45) is 0. The van der Waals surface area contributed by atoms with E-state index in [0.717, 1.165) is 106 Å². The van der Waals surface area contributed by atoms with Crippen LogP contribution < -0.4 is 21.3 Å². The molecule has 5 heteroatoms. The fraction of sp³-hybridized carbons (Fsp3) is 0. The lowest BCUT2D eigenvalue weighted by Crippen LogP contribution is -2.60. The van der Waals surface area contributed by atoms with E-state index in [0.29, 0.717) is 0 Å². The number of nitrogens with zero attached hydrogens (tertiary/aromatic N) is 3. The molecule has 4 heterocycles. The fourth-order valence-corrected chi connectivity index (χ4v) is 19.3. The third kappa shape index (κ3) is 11.4. The van der Waals surface area contributed by atoms with Crippen molar-refractivity contribution in [3.05, 3.63) is 425 Å². The number of anilines is 3. The summed E-state index contributed by atoms with van der Waals surface area (Å²) < 4.78 is 5.16. The molecule has 3 nitrogen and oxygen atoms in total. The van der Waals surface area contributed by atoms with Crippen molar-refractivity contribution in [2.24, 2.45) is 0 Å². The second-order valence-electron chi connectivity index (χ2n) is 29.8. The van der Waals surface area contributed by atoms with E-state index in [2.05, 4.69) is 439 Å². The molecule has 0 saturated heterocycles. The maximum absolute atomic E-state index is 2.69. The highest BCUT2D eigenvalue weighted by atomic mass is 32.2. The summed E-state index contributed by atoms with van der Waals surface area (Å²) >= 11 is 1.93. The Morgan fingerprint density at radius 1 is 0.204 bits per heavy atom. The van der Waals surface area contributed by atoms with Crippen LogP contribution in [0.15, 0.2) is 434 Å². The minimum atomic E-state index is -0.292. The van der Waals surface area contributed by atoms with E-state index >= 15 is 0 Å². The molecule has 0 atom stereocenters. The van der Waals surface area contributed by atoms with Gasteiger partial charge in [-0.05, 0) is 190 Å². The van der Waals surface area contributed by atoms with Gasteiger partial charge in [-0.15, -0.1) is 0 Å². The molecule has 0 amide bonds. The smallest absolute Gasteiger partial charge is 0.249 e. The van der Waals surface area contributed by atoms with Crippen molar-refractivity contribution in [2.75, 3.05) is 4.90 Å². The molecule has 2 aromatic heterocycles. The first kappa shape index (κ1) is 65.8. The van der Waals surface area contributed by atoms with Gasteiger partial charge in [0.2, 0.25) is 6.71 Å². The Morgan fingerprint density at radius 3 is 1.03 bits per heavy atom. The molecule has 0 unspecified atom stereocenters. The Morgan fingerprint density at radius 2 is 0.549 bits per heavy atom. The van der Waals surface area contributed by atoms with Crippen molar-refractivity contribution >= 4 is 95.5 Å². The van der Waals surface area contributed by atoms with Crippen molar-refractivity contribution in [1.82, 2.24) is 9.13 Å². The van der Waals surface area contributed by atoms with Crippen LogP contribution >= 0.6 is 11.8 Å². The van der Waals surface area contributed by atoms with Crippen LogP contribution in [0, 0.1) is 0 Å². The summed E-state index contributed by atoms with van der Waals surface area (Å²) in [5.41, 5.74) is 37.0. The summed E-state index contributed by atoms with van der Waals surface area (Å²) in [7, 11) is 0. The van der Waals surface area contributed by atoms with E-state index in [1.165, 1.54) is 103 Å². The third-order valence-electron chi connectivity index (χ3n) is 23.3. The van der Waals surface area contributed by atoms with Crippen molar-refractivity contribution in [1.29, 1.82) is 0 Å². The first-order valence-electron chi connectivity index (χ1n) is 39.0. The van der Waals surface area contributed by atoms with Gasteiger partial charge in [-0.3, -0.25) is 0 Å². The van der Waals surface area contributed by atoms with Gasteiger partial charge in [0.15, 0.2) is 0 Å². The summed E-state index contributed by atoms with van der Waals surface area (Å²) in [4.78, 5) is 5.09. The Balaban J connectivity index is 0.871. The van der Waals surface area contributed by atoms with Gasteiger partial charge < -0.3 is 14.0 Å². The van der Waals surface area contributed by atoms with Gasteiger partial charge >= 0.3 is 0 Å². The molecular weight excluding hydrogens is 1380 g/mol. The topological polar surface area (TPSA) is 13.1 Å². The molecule has 20 aromatic rings. The number of hydrogen-bond donors (Lipinski definition) is 0. The number of benzene rings is 18. The summed E-state index contributed by atoms with van der Waals surface area (Å²) in [6.45, 7) is -0.292. The summed E-state index contributed by atoms with van der Waals surface area (Å²) in [5, 5.41) is 4.81. The molecule has 113 heavy (non-hydrogen) atoms. The fourth-order valence-electron chi connectivity index (χ4n) is 18.0. The summed E-state index contributed by atoms with van der Waals surface area (Å²) in [6, 6.07) is 159. The molecule has 22 rings (SSSR count). The quantitative estimate of drug-likeness (QED) is 0.107. The number of hydrogen-bond acceptors (Lipinski definition) is 2. The standard InChI is InChI=1S/C108H70BN3S/c1-8-27-71(28-9-1)78-47-51-80(52-48-78)90-43-26-44-91(81-53-49-79(50-54-81)72-29-10-2-11-30-72)107(90)112-102-60-57-84(75-35-16-5-17-36-75)66-96(102)109-97-67-88(87-62-85(76-37-18-6-19-38-76)61-86(63-87)77-39-20-7-21-40-77)68-104(111-99-46-25-23-42-93(99)95-65-83(56-59-101(95)111)74-33-14-4-15-34-74)108(97)113-105-70-89(69-103(112)106(105)109)110-98-45-24-22-41-92(98)94-64-82(55-58-100(94)110)73-31-12-3-13-32-73/h1-70H. The van der Waals surface area contributed by atoms with E-state index in [1.54, 1.807) is 0 Å². The van der Waals surface area contributed by atoms with E-state index in [4.69, 9.17) is 0 Å². The lowest BCUT2D eigenvalue weighted by atomic mass is 9.34. The highest BCUT2D eigenvalue weighted by Gasteiger charge is 2.44. The molecular formula is C108H70BN3S. The van der Waals surface area contributed by atoms with Crippen molar-refractivity contribution in [3.8, 4) is 123 Å². The zero-order chi connectivity index (χ0) is 74.5. The molecule has 0 radical (unpaired) electrons. The van der Waals surface area contributed by atoms with Crippen LogP contribution in [0.3, 0.4) is 0 Å². The van der Waals surface area contributed by atoms with Gasteiger partial charge in [-0.25, -0.2) is 0 Å². The monoisotopic (exact) mass is 1450 g/mol. The maximum Gasteiger partial charge on any atom is 0.249 e. The largest absolute Gasteiger partial charge is 0.310 e. The average Bonchev–Trinajstić information content (AvgIpc) is 1.62. The molecule has 2 aliphatic rings. The molecule has 0 bridgehead atoms. The lowest BCUT2D eigenvalue weighted by Gasteiger charge is -2.42. The molecule has 0 N–H and O–H groups in total. The molecule has 18 aromatic carbocycles. The highest BCUT2D eigenvalue weighted by molar-refractivity contribution is 8.00. The Kier molecular flexibility index (Phi) is 16.0. The SMILES string of the molecule is c1ccc(-c2ccc(-c3cccc(-c4ccc(-c5ccccc5)cc4)c3N3c4ccc(-c5ccccc5)cc4B4c5cc(-c6cc(-c7ccccc7)cc(-c7ccccc7)c6)cc(-n6c7ccccc7c7cc(-c8ccccc8)ccc76)c5Sc5cc(-n6c7ccccc7c7cc(-c8ccccc8)ccc76)cc3c54)cc2)cc1. The first-order valence-corrected chi connectivity index (χ1v) is 39.8. The van der Waals surface area contributed by atoms with Gasteiger partial charge in [0.1, 0.15) is 0 Å². The molecule has 0 fully saturated rings.